The van der Waals surface area contributed by atoms with Crippen molar-refractivity contribution in [2.45, 2.75) is 32.6 Å². The Morgan fingerprint density at radius 2 is 1.86 bits per heavy atom. The number of benzene rings is 1. The maximum atomic E-state index is 11.1. The van der Waals surface area contributed by atoms with Crippen LogP contribution in [-0.4, -0.2) is 20.2 Å². The third kappa shape index (κ3) is 6.30. The van der Waals surface area contributed by atoms with E-state index in [2.05, 4.69) is 11.7 Å². The molecule has 0 aliphatic rings. The highest BCUT2D eigenvalue weighted by Crippen LogP contribution is 2.23. The van der Waals surface area contributed by atoms with Crippen molar-refractivity contribution in [2.24, 2.45) is 0 Å². The molecule has 0 unspecified atom stereocenters. The average molecular weight is 288 g/mol. The molecule has 0 aliphatic heterocycles. The van der Waals surface area contributed by atoms with Gasteiger partial charge in [-0.1, -0.05) is 44.1 Å². The largest absolute Gasteiger partial charge is 0.497 e. The van der Waals surface area contributed by atoms with E-state index in [9.17, 15) is 4.79 Å². The second kappa shape index (κ2) is 9.81. The van der Waals surface area contributed by atoms with Gasteiger partial charge in [-0.2, -0.15) is 0 Å². The highest BCUT2D eigenvalue weighted by atomic mass is 16.5. The lowest BCUT2D eigenvalue weighted by molar-refractivity contribution is -0.134. The van der Waals surface area contributed by atoms with E-state index in [1.807, 2.05) is 30.3 Å². The number of unbranched alkanes of at least 4 members (excludes halogenated alkanes) is 2. The third-order valence-corrected chi connectivity index (χ3v) is 3.24. The van der Waals surface area contributed by atoms with Gasteiger partial charge >= 0.3 is 5.97 Å². The summed E-state index contributed by atoms with van der Waals surface area (Å²) in [6, 6.07) is 7.99. The fourth-order valence-corrected chi connectivity index (χ4v) is 2.01. The Bertz CT molecular complexity index is 484. The Labute approximate surface area is 127 Å². The zero-order chi connectivity index (χ0) is 15.5. The van der Waals surface area contributed by atoms with Gasteiger partial charge in [0.05, 0.1) is 14.2 Å². The quantitative estimate of drug-likeness (QED) is 0.308. The number of rotatable bonds is 8. The van der Waals surface area contributed by atoms with Crippen molar-refractivity contribution in [3.63, 3.8) is 0 Å². The molecule has 0 saturated carbocycles. The van der Waals surface area contributed by atoms with E-state index in [1.165, 1.54) is 31.6 Å². The van der Waals surface area contributed by atoms with Gasteiger partial charge in [-0.05, 0) is 36.1 Å². The van der Waals surface area contributed by atoms with E-state index in [1.54, 1.807) is 13.2 Å². The van der Waals surface area contributed by atoms with E-state index in [0.29, 0.717) is 0 Å². The number of carbonyl (C=O) groups is 1. The van der Waals surface area contributed by atoms with Crippen LogP contribution in [0.5, 0.6) is 5.75 Å². The minimum absolute atomic E-state index is 0.339. The SMILES string of the molecule is CCCCCC(=CC=CC(=O)OC)c1ccc(OC)cc1. The summed E-state index contributed by atoms with van der Waals surface area (Å²) in [5.41, 5.74) is 2.37. The van der Waals surface area contributed by atoms with Crippen LogP contribution in [-0.2, 0) is 9.53 Å². The lowest BCUT2D eigenvalue weighted by Crippen LogP contribution is -1.93. The Hall–Kier alpha value is -2.03. The molecule has 0 spiro atoms. The lowest BCUT2D eigenvalue weighted by atomic mass is 9.99. The molecule has 0 N–H and O–H groups in total. The number of esters is 1. The van der Waals surface area contributed by atoms with E-state index in [0.717, 1.165) is 24.2 Å². The summed E-state index contributed by atoms with van der Waals surface area (Å²) >= 11 is 0. The van der Waals surface area contributed by atoms with Gasteiger partial charge in [0.25, 0.3) is 0 Å². The molecule has 0 fully saturated rings. The monoisotopic (exact) mass is 288 g/mol. The molecule has 114 valence electrons. The second-order valence-corrected chi connectivity index (χ2v) is 4.76. The van der Waals surface area contributed by atoms with Crippen molar-refractivity contribution >= 4 is 11.5 Å². The molecule has 3 heteroatoms. The van der Waals surface area contributed by atoms with Crippen molar-refractivity contribution in [3.8, 4) is 5.75 Å². The number of ether oxygens (including phenoxy) is 2. The Kier molecular flexibility index (Phi) is 7.95. The summed E-state index contributed by atoms with van der Waals surface area (Å²) in [5, 5.41) is 0. The van der Waals surface area contributed by atoms with Crippen LogP contribution < -0.4 is 4.74 Å². The molecule has 0 atom stereocenters. The maximum absolute atomic E-state index is 11.1. The van der Waals surface area contributed by atoms with Crippen molar-refractivity contribution in [1.29, 1.82) is 0 Å². The van der Waals surface area contributed by atoms with Crippen LogP contribution >= 0.6 is 0 Å². The fraction of sp³-hybridized carbons (Fsp3) is 0.389. The minimum atomic E-state index is -0.339. The molecule has 21 heavy (non-hydrogen) atoms. The number of methoxy groups -OCH3 is 2. The summed E-state index contributed by atoms with van der Waals surface area (Å²) < 4.78 is 9.77. The summed E-state index contributed by atoms with van der Waals surface area (Å²) in [4.78, 5) is 11.1. The maximum Gasteiger partial charge on any atom is 0.330 e. The van der Waals surface area contributed by atoms with Gasteiger partial charge in [0.2, 0.25) is 0 Å². The van der Waals surface area contributed by atoms with Gasteiger partial charge in [0, 0.05) is 6.08 Å². The van der Waals surface area contributed by atoms with Crippen molar-refractivity contribution < 1.29 is 14.3 Å². The Morgan fingerprint density at radius 1 is 1.14 bits per heavy atom. The molecular formula is C18H24O3. The van der Waals surface area contributed by atoms with Gasteiger partial charge in [-0.15, -0.1) is 0 Å². The first-order valence-corrected chi connectivity index (χ1v) is 7.30. The summed E-state index contributed by atoms with van der Waals surface area (Å²) in [5.74, 6) is 0.505. The summed E-state index contributed by atoms with van der Waals surface area (Å²) in [7, 11) is 3.04. The van der Waals surface area contributed by atoms with Crippen LogP contribution in [0.3, 0.4) is 0 Å². The molecule has 0 heterocycles. The number of carbonyl (C=O) groups excluding carboxylic acids is 1. The molecular weight excluding hydrogens is 264 g/mol. The molecule has 0 aromatic heterocycles. The molecule has 1 rings (SSSR count). The highest BCUT2D eigenvalue weighted by Gasteiger charge is 2.02. The van der Waals surface area contributed by atoms with Gasteiger partial charge in [0.1, 0.15) is 5.75 Å². The van der Waals surface area contributed by atoms with Crippen LogP contribution in [0.2, 0.25) is 0 Å². The lowest BCUT2D eigenvalue weighted by Gasteiger charge is -2.08. The van der Waals surface area contributed by atoms with Crippen LogP contribution in [0.4, 0.5) is 0 Å². The first-order chi connectivity index (χ1) is 10.2. The molecule has 0 bridgehead atoms. The Balaban J connectivity index is 2.86. The van der Waals surface area contributed by atoms with E-state index < -0.39 is 0 Å². The van der Waals surface area contributed by atoms with E-state index >= 15 is 0 Å². The predicted octanol–water partition coefficient (Wildman–Crippen LogP) is 4.39. The van der Waals surface area contributed by atoms with E-state index in [-0.39, 0.29) is 5.97 Å². The smallest absolute Gasteiger partial charge is 0.330 e. The standard InChI is InChI=1S/C18H24O3/c1-4-5-6-8-15(9-7-10-18(19)21-3)16-11-13-17(20-2)14-12-16/h7,9-14H,4-6,8H2,1-3H3. The Morgan fingerprint density at radius 3 is 2.43 bits per heavy atom. The van der Waals surface area contributed by atoms with Crippen molar-refractivity contribution in [2.75, 3.05) is 14.2 Å². The van der Waals surface area contributed by atoms with Crippen LogP contribution in [0, 0.1) is 0 Å². The average Bonchev–Trinajstić information content (AvgIpc) is 2.53. The van der Waals surface area contributed by atoms with Crippen LogP contribution in [0.1, 0.15) is 38.2 Å². The van der Waals surface area contributed by atoms with Crippen LogP contribution in [0.25, 0.3) is 5.57 Å². The molecule has 0 saturated heterocycles. The predicted molar refractivity (Wildman–Crippen MR) is 86.3 cm³/mol. The summed E-state index contributed by atoms with van der Waals surface area (Å²) in [6.45, 7) is 2.19. The first-order valence-electron chi connectivity index (χ1n) is 7.30. The molecule has 0 amide bonds. The van der Waals surface area contributed by atoms with Gasteiger partial charge in [-0.25, -0.2) is 4.79 Å². The second-order valence-electron chi connectivity index (χ2n) is 4.76. The molecule has 1 aromatic carbocycles. The minimum Gasteiger partial charge on any atom is -0.497 e. The normalized spacial score (nSPS) is 11.7. The zero-order valence-corrected chi connectivity index (χ0v) is 13.1. The van der Waals surface area contributed by atoms with Crippen molar-refractivity contribution in [3.05, 3.63) is 48.1 Å². The number of allylic oxidation sites excluding steroid dienone is 3. The molecule has 1 aromatic rings. The first kappa shape index (κ1) is 17.0. The van der Waals surface area contributed by atoms with Crippen molar-refractivity contribution in [1.82, 2.24) is 0 Å². The number of hydrogen-bond acceptors (Lipinski definition) is 3. The van der Waals surface area contributed by atoms with Gasteiger partial charge in [-0.3, -0.25) is 0 Å². The van der Waals surface area contributed by atoms with Gasteiger partial charge < -0.3 is 9.47 Å². The topological polar surface area (TPSA) is 35.5 Å². The fourth-order valence-electron chi connectivity index (χ4n) is 2.01. The highest BCUT2D eigenvalue weighted by molar-refractivity contribution is 5.82. The molecule has 0 radical (unpaired) electrons. The summed E-state index contributed by atoms with van der Waals surface area (Å²) in [6.07, 6.45) is 9.68. The molecule has 0 aliphatic carbocycles. The third-order valence-electron chi connectivity index (χ3n) is 3.24. The zero-order valence-electron chi connectivity index (χ0n) is 13.1. The van der Waals surface area contributed by atoms with E-state index in [4.69, 9.17) is 4.74 Å². The number of hydrogen-bond donors (Lipinski definition) is 0. The van der Waals surface area contributed by atoms with Gasteiger partial charge in [0.15, 0.2) is 0 Å². The van der Waals surface area contributed by atoms with Crippen LogP contribution in [0.15, 0.2) is 42.5 Å². The molecule has 3 nitrogen and oxygen atoms in total.